The molecule has 48 heavy (non-hydrogen) atoms. The summed E-state index contributed by atoms with van der Waals surface area (Å²) in [5.41, 5.74) is 9.39. The Labute approximate surface area is 291 Å². The summed E-state index contributed by atoms with van der Waals surface area (Å²) in [5.74, 6) is 0.533. The highest BCUT2D eigenvalue weighted by Gasteiger charge is 2.26. The van der Waals surface area contributed by atoms with Gasteiger partial charge in [0.05, 0.1) is 11.4 Å². The molecule has 4 heteroatoms. The molecular weight excluding hydrogens is 588 g/mol. The van der Waals surface area contributed by atoms with E-state index in [1.165, 1.54) is 33.4 Å². The second-order valence-electron chi connectivity index (χ2n) is 17.6. The van der Waals surface area contributed by atoms with E-state index in [1.807, 2.05) is 36.4 Å². The Bertz CT molecular complexity index is 1570. The second-order valence-corrected chi connectivity index (χ2v) is 17.6. The molecule has 4 nitrogen and oxygen atoms in total. The van der Waals surface area contributed by atoms with Gasteiger partial charge in [0.25, 0.3) is 0 Å². The summed E-state index contributed by atoms with van der Waals surface area (Å²) in [6.45, 7) is 29.8. The van der Waals surface area contributed by atoms with E-state index < -0.39 is 0 Å². The predicted octanol–water partition coefficient (Wildman–Crippen LogP) is 11.0. The number of hydrogen-bond donors (Lipinski definition) is 2. The molecule has 4 aromatic rings. The van der Waals surface area contributed by atoms with Crippen molar-refractivity contribution < 1.29 is 10.2 Å². The number of benzene rings is 4. The first-order valence-electron chi connectivity index (χ1n) is 17.5. The van der Waals surface area contributed by atoms with Gasteiger partial charge in [-0.2, -0.15) is 0 Å². The molecule has 0 saturated carbocycles. The lowest BCUT2D eigenvalue weighted by molar-refractivity contribution is 0.470. The molecule has 0 aliphatic rings. The third-order valence-corrected chi connectivity index (χ3v) is 9.37. The molecule has 0 aromatic heterocycles. The van der Waals surface area contributed by atoms with Crippen molar-refractivity contribution in [2.24, 2.45) is 0 Å². The number of nitrogens with zero attached hydrogens (tertiary/aromatic N) is 2. The van der Waals surface area contributed by atoms with E-state index in [2.05, 4.69) is 129 Å². The summed E-state index contributed by atoms with van der Waals surface area (Å²) < 4.78 is 0. The van der Waals surface area contributed by atoms with Gasteiger partial charge in [-0.3, -0.25) is 0 Å². The van der Waals surface area contributed by atoms with E-state index in [1.54, 1.807) is 12.1 Å². The summed E-state index contributed by atoms with van der Waals surface area (Å²) in [5, 5.41) is 22.2. The van der Waals surface area contributed by atoms with Gasteiger partial charge in [0.2, 0.25) is 0 Å². The normalized spacial score (nSPS) is 12.7. The van der Waals surface area contributed by atoms with Gasteiger partial charge in [-0.1, -0.05) is 144 Å². The minimum Gasteiger partial charge on any atom is -0.506 e. The summed E-state index contributed by atoms with van der Waals surface area (Å²) in [7, 11) is 0. The van der Waals surface area contributed by atoms with Crippen LogP contribution in [0.15, 0.2) is 84.9 Å². The van der Waals surface area contributed by atoms with E-state index in [0.29, 0.717) is 26.2 Å². The zero-order valence-electron chi connectivity index (χ0n) is 31.7. The van der Waals surface area contributed by atoms with Crippen LogP contribution in [-0.2, 0) is 34.7 Å². The lowest BCUT2D eigenvalue weighted by Crippen LogP contribution is -2.36. The van der Waals surface area contributed by atoms with E-state index in [0.717, 1.165) is 11.4 Å². The monoisotopic (exact) mass is 648 g/mol. The number of hydrogen-bond acceptors (Lipinski definition) is 4. The molecule has 0 bridgehead atoms. The molecule has 0 fully saturated rings. The lowest BCUT2D eigenvalue weighted by Gasteiger charge is -2.35. The average Bonchev–Trinajstić information content (AvgIpc) is 2.97. The first-order chi connectivity index (χ1) is 22.2. The number of rotatable bonds is 9. The topological polar surface area (TPSA) is 46.9 Å². The third kappa shape index (κ3) is 8.95. The highest BCUT2D eigenvalue weighted by Crippen LogP contribution is 2.37. The Morgan fingerprint density at radius 3 is 1.06 bits per heavy atom. The zero-order chi connectivity index (χ0) is 35.7. The summed E-state index contributed by atoms with van der Waals surface area (Å²) in [4.78, 5) is 4.58. The zero-order valence-corrected chi connectivity index (χ0v) is 31.7. The minimum absolute atomic E-state index is 0.0467. The van der Waals surface area contributed by atoms with E-state index in [-0.39, 0.29) is 33.2 Å². The SMILES string of the molecule is CC(C)(C)c1ccc(CN(CCN(Cc2ccc(C(C)(C)C)cc2C(C)(C)C)c2ccccc2O)c2ccccc2O)c(C(C)(C)C)c1. The Kier molecular flexibility index (Phi) is 10.7. The van der Waals surface area contributed by atoms with Crippen molar-refractivity contribution in [3.63, 3.8) is 0 Å². The number of aromatic hydroxyl groups is 2. The lowest BCUT2D eigenvalue weighted by atomic mass is 9.78. The maximum absolute atomic E-state index is 11.1. The molecular formula is C44H60N2O2. The van der Waals surface area contributed by atoms with E-state index in [9.17, 15) is 10.2 Å². The van der Waals surface area contributed by atoms with Crippen LogP contribution in [0, 0.1) is 0 Å². The van der Waals surface area contributed by atoms with Gasteiger partial charge < -0.3 is 20.0 Å². The van der Waals surface area contributed by atoms with Crippen molar-refractivity contribution in [2.45, 2.75) is 118 Å². The fraction of sp³-hybridized carbons (Fsp3) is 0.455. The van der Waals surface area contributed by atoms with Crippen molar-refractivity contribution in [3.8, 4) is 11.5 Å². The van der Waals surface area contributed by atoms with Crippen LogP contribution in [0.5, 0.6) is 11.5 Å². The molecule has 0 unspecified atom stereocenters. The number of para-hydroxylation sites is 4. The predicted molar refractivity (Wildman–Crippen MR) is 206 cm³/mol. The number of phenols is 2. The van der Waals surface area contributed by atoms with Gasteiger partial charge in [-0.05, 0) is 79.3 Å². The van der Waals surface area contributed by atoms with Gasteiger partial charge in [0.1, 0.15) is 11.5 Å². The third-order valence-electron chi connectivity index (χ3n) is 9.37. The smallest absolute Gasteiger partial charge is 0.138 e. The van der Waals surface area contributed by atoms with Crippen LogP contribution in [0.1, 0.15) is 116 Å². The fourth-order valence-corrected chi connectivity index (χ4v) is 6.44. The maximum Gasteiger partial charge on any atom is 0.138 e. The molecule has 0 aliphatic heterocycles. The van der Waals surface area contributed by atoms with Crippen molar-refractivity contribution in [1.82, 2.24) is 0 Å². The highest BCUT2D eigenvalue weighted by atomic mass is 16.3. The number of phenolic OH excluding ortho intramolecular Hbond substituents is 2. The van der Waals surface area contributed by atoms with Crippen LogP contribution in [-0.4, -0.2) is 23.3 Å². The van der Waals surface area contributed by atoms with Crippen LogP contribution in [0.25, 0.3) is 0 Å². The molecule has 0 aliphatic carbocycles. The van der Waals surface area contributed by atoms with Crippen LogP contribution >= 0.6 is 0 Å². The van der Waals surface area contributed by atoms with Crippen LogP contribution in [0.4, 0.5) is 11.4 Å². The maximum atomic E-state index is 11.1. The van der Waals surface area contributed by atoms with Gasteiger partial charge >= 0.3 is 0 Å². The second kappa shape index (κ2) is 13.9. The number of anilines is 2. The molecule has 4 rings (SSSR count). The van der Waals surface area contributed by atoms with Crippen LogP contribution < -0.4 is 9.80 Å². The molecule has 0 amide bonds. The minimum atomic E-state index is -0.0502. The average molecular weight is 649 g/mol. The molecule has 0 heterocycles. The molecule has 0 radical (unpaired) electrons. The quantitative estimate of drug-likeness (QED) is 0.190. The highest BCUT2D eigenvalue weighted by molar-refractivity contribution is 5.61. The molecule has 0 spiro atoms. The molecule has 258 valence electrons. The van der Waals surface area contributed by atoms with E-state index >= 15 is 0 Å². The summed E-state index contributed by atoms with van der Waals surface area (Å²) in [6, 6.07) is 29.1. The van der Waals surface area contributed by atoms with Crippen LogP contribution in [0.2, 0.25) is 0 Å². The fourth-order valence-electron chi connectivity index (χ4n) is 6.44. The van der Waals surface area contributed by atoms with Gasteiger partial charge in [0, 0.05) is 26.2 Å². The summed E-state index contributed by atoms with van der Waals surface area (Å²) >= 11 is 0. The summed E-state index contributed by atoms with van der Waals surface area (Å²) in [6.07, 6.45) is 0. The van der Waals surface area contributed by atoms with Crippen molar-refractivity contribution >= 4 is 11.4 Å². The van der Waals surface area contributed by atoms with Crippen LogP contribution in [0.3, 0.4) is 0 Å². The Hall–Kier alpha value is -3.92. The Balaban J connectivity index is 1.77. The Morgan fingerprint density at radius 2 is 0.771 bits per heavy atom. The standard InChI is InChI=1S/C44H60N2O2/c1-41(2,3)33-23-21-31(35(27-33)43(7,8)9)29-45(37-17-13-15-19-39(37)47)25-26-46(38-18-14-16-20-40(38)48)30-32-22-24-34(42(4,5)6)28-36(32)44(10,11)12/h13-24,27-28,47-48H,25-26,29-30H2,1-12H3. The molecule has 2 N–H and O–H groups in total. The van der Waals surface area contributed by atoms with Crippen molar-refractivity contribution in [2.75, 3.05) is 22.9 Å². The first-order valence-corrected chi connectivity index (χ1v) is 17.5. The van der Waals surface area contributed by atoms with Gasteiger partial charge in [-0.15, -0.1) is 0 Å². The van der Waals surface area contributed by atoms with Gasteiger partial charge in [0.15, 0.2) is 0 Å². The molecule has 0 atom stereocenters. The van der Waals surface area contributed by atoms with Crippen molar-refractivity contribution in [3.05, 3.63) is 118 Å². The largest absolute Gasteiger partial charge is 0.506 e. The van der Waals surface area contributed by atoms with E-state index in [4.69, 9.17) is 0 Å². The Morgan fingerprint density at radius 1 is 0.438 bits per heavy atom. The molecule has 4 aromatic carbocycles. The molecule has 0 saturated heterocycles. The van der Waals surface area contributed by atoms with Crippen molar-refractivity contribution in [1.29, 1.82) is 0 Å². The van der Waals surface area contributed by atoms with Gasteiger partial charge in [-0.25, -0.2) is 0 Å². The first kappa shape index (κ1) is 36.9.